The molecule has 0 fully saturated rings. The van der Waals surface area contributed by atoms with Crippen LogP contribution < -0.4 is 10.6 Å². The monoisotopic (exact) mass is 367 g/mol. The van der Waals surface area contributed by atoms with E-state index >= 15 is 0 Å². The summed E-state index contributed by atoms with van der Waals surface area (Å²) in [5.74, 6) is 0.594. The zero-order valence-electron chi connectivity index (χ0n) is 13.0. The number of hydrogen-bond donors (Lipinski definition) is 2. The molecule has 0 saturated carbocycles. The second-order valence-electron chi connectivity index (χ2n) is 5.20. The second kappa shape index (κ2) is 6.96. The van der Waals surface area contributed by atoms with Crippen LogP contribution in [0.5, 0.6) is 0 Å². The Morgan fingerprint density at radius 2 is 1.92 bits per heavy atom. The van der Waals surface area contributed by atoms with Crippen LogP contribution in [0.25, 0.3) is 10.2 Å². The second-order valence-corrected chi connectivity index (χ2v) is 7.08. The molecule has 0 bridgehead atoms. The Kier molecular flexibility index (Phi) is 4.36. The van der Waals surface area contributed by atoms with Gasteiger partial charge < -0.3 is 10.6 Å². The van der Waals surface area contributed by atoms with E-state index < -0.39 is 0 Å². The zero-order chi connectivity index (χ0) is 17.1. The molecule has 0 aliphatic heterocycles. The summed E-state index contributed by atoms with van der Waals surface area (Å²) in [4.78, 5) is 25.2. The summed E-state index contributed by atoms with van der Waals surface area (Å²) in [5.41, 5.74) is 1.60. The molecule has 4 rings (SSSR count). The largest absolute Gasteiger partial charge is 0.316 e. The van der Waals surface area contributed by atoms with Crippen molar-refractivity contribution in [3.63, 3.8) is 0 Å². The van der Waals surface area contributed by atoms with Crippen molar-refractivity contribution in [1.29, 1.82) is 0 Å². The van der Waals surface area contributed by atoms with Gasteiger partial charge in [0.1, 0.15) is 5.82 Å². The number of fused-ring (bicyclic) bond motifs is 1. The van der Waals surface area contributed by atoms with Gasteiger partial charge in [-0.2, -0.15) is 0 Å². The molecule has 3 aromatic heterocycles. The highest BCUT2D eigenvalue weighted by atomic mass is 32.1. The number of para-hydroxylation sites is 1. The Bertz CT molecular complexity index is 979. The van der Waals surface area contributed by atoms with Gasteiger partial charge in [0.2, 0.25) is 5.91 Å². The fraction of sp³-hybridized carbons (Fsp3) is 0.0588. The summed E-state index contributed by atoms with van der Waals surface area (Å²) in [6, 6.07) is 13.4. The van der Waals surface area contributed by atoms with Crippen LogP contribution in [0.4, 0.5) is 16.1 Å². The van der Waals surface area contributed by atoms with Crippen LogP contribution in [0, 0.1) is 0 Å². The fourth-order valence-electron chi connectivity index (χ4n) is 2.25. The Morgan fingerprint density at radius 3 is 2.76 bits per heavy atom. The lowest BCUT2D eigenvalue weighted by atomic mass is 10.3. The quantitative estimate of drug-likeness (QED) is 0.556. The molecule has 6 nitrogen and oxygen atoms in total. The van der Waals surface area contributed by atoms with E-state index in [2.05, 4.69) is 25.6 Å². The number of rotatable bonds is 5. The third-order valence-corrected chi connectivity index (χ3v) is 5.09. The van der Waals surface area contributed by atoms with Crippen LogP contribution in [0.2, 0.25) is 0 Å². The Morgan fingerprint density at radius 1 is 1.04 bits per heavy atom. The van der Waals surface area contributed by atoms with Crippen molar-refractivity contribution in [1.82, 2.24) is 15.0 Å². The zero-order valence-corrected chi connectivity index (χ0v) is 14.6. The van der Waals surface area contributed by atoms with Crippen LogP contribution in [0.15, 0.2) is 54.0 Å². The number of pyridine rings is 1. The van der Waals surface area contributed by atoms with Crippen molar-refractivity contribution in [3.8, 4) is 0 Å². The average molecular weight is 367 g/mol. The lowest BCUT2D eigenvalue weighted by Gasteiger charge is -2.00. The van der Waals surface area contributed by atoms with Crippen molar-refractivity contribution in [3.05, 3.63) is 59.7 Å². The summed E-state index contributed by atoms with van der Waals surface area (Å²) in [6.07, 6.45) is 1.92. The molecular formula is C17H13N5OS2. The molecule has 4 aromatic rings. The van der Waals surface area contributed by atoms with Crippen molar-refractivity contribution < 1.29 is 4.79 Å². The van der Waals surface area contributed by atoms with E-state index in [1.54, 1.807) is 6.20 Å². The molecule has 0 saturated heterocycles. The fourth-order valence-corrected chi connectivity index (χ4v) is 3.84. The lowest BCUT2D eigenvalue weighted by molar-refractivity contribution is -0.115. The molecular weight excluding hydrogens is 354 g/mol. The maximum Gasteiger partial charge on any atom is 0.232 e. The third kappa shape index (κ3) is 3.81. The summed E-state index contributed by atoms with van der Waals surface area (Å²) >= 11 is 2.90. The summed E-state index contributed by atoms with van der Waals surface area (Å²) < 4.78 is 1.05. The van der Waals surface area contributed by atoms with E-state index in [0.717, 1.165) is 16.0 Å². The molecule has 25 heavy (non-hydrogen) atoms. The first kappa shape index (κ1) is 15.7. The maximum absolute atomic E-state index is 12.2. The van der Waals surface area contributed by atoms with Gasteiger partial charge in [0, 0.05) is 11.6 Å². The van der Waals surface area contributed by atoms with Gasteiger partial charge in [-0.3, -0.25) is 4.79 Å². The first-order valence-corrected chi connectivity index (χ1v) is 9.24. The highest BCUT2D eigenvalue weighted by molar-refractivity contribution is 7.22. The molecule has 1 amide bonds. The number of aromatic nitrogens is 3. The van der Waals surface area contributed by atoms with E-state index in [0.29, 0.717) is 16.0 Å². The highest BCUT2D eigenvalue weighted by Gasteiger charge is 2.11. The molecule has 3 heterocycles. The summed E-state index contributed by atoms with van der Waals surface area (Å²) in [6.45, 7) is 0. The van der Waals surface area contributed by atoms with E-state index in [4.69, 9.17) is 0 Å². The predicted molar refractivity (Wildman–Crippen MR) is 102 cm³/mol. The number of carbonyl (C=O) groups excluding carboxylic acids is 1. The normalized spacial score (nSPS) is 10.7. The first-order chi connectivity index (χ1) is 12.3. The van der Waals surface area contributed by atoms with Crippen LogP contribution in [0.1, 0.15) is 5.69 Å². The number of anilines is 3. The molecule has 0 aliphatic carbocycles. The molecule has 124 valence electrons. The van der Waals surface area contributed by atoms with Crippen LogP contribution >= 0.6 is 22.7 Å². The third-order valence-electron chi connectivity index (χ3n) is 3.33. The van der Waals surface area contributed by atoms with Gasteiger partial charge in [-0.15, -0.1) is 11.3 Å². The molecule has 2 N–H and O–H groups in total. The molecule has 0 unspecified atom stereocenters. The minimum absolute atomic E-state index is 0.131. The molecule has 0 spiro atoms. The Hall–Kier alpha value is -2.84. The Labute approximate surface area is 151 Å². The molecule has 0 atom stereocenters. The Balaban J connectivity index is 1.39. The lowest BCUT2D eigenvalue weighted by Crippen LogP contribution is -2.14. The van der Waals surface area contributed by atoms with Gasteiger partial charge in [0.25, 0.3) is 0 Å². The number of benzene rings is 1. The number of hydrogen-bond acceptors (Lipinski definition) is 7. The standard InChI is InChI=1S/C17H13N5OS2/c23-15(22-17-20-12-5-1-2-6-13(12)25-17)9-11-10-24-16(19-11)21-14-7-3-4-8-18-14/h1-8,10H,9H2,(H,18,19,21)(H,20,22,23). The van der Waals surface area contributed by atoms with Crippen molar-refractivity contribution in [2.45, 2.75) is 6.42 Å². The van der Waals surface area contributed by atoms with Crippen molar-refractivity contribution in [2.24, 2.45) is 0 Å². The smallest absolute Gasteiger partial charge is 0.232 e. The van der Waals surface area contributed by atoms with E-state index in [-0.39, 0.29) is 12.3 Å². The number of nitrogens with zero attached hydrogens (tertiary/aromatic N) is 3. The topological polar surface area (TPSA) is 79.8 Å². The molecule has 1 aromatic carbocycles. The highest BCUT2D eigenvalue weighted by Crippen LogP contribution is 2.25. The number of carbonyl (C=O) groups is 1. The van der Waals surface area contributed by atoms with Gasteiger partial charge in [0.15, 0.2) is 10.3 Å². The van der Waals surface area contributed by atoms with Gasteiger partial charge in [-0.05, 0) is 24.3 Å². The SMILES string of the molecule is O=C(Cc1csc(Nc2ccccn2)n1)Nc1nc2ccccc2s1. The number of amides is 1. The summed E-state index contributed by atoms with van der Waals surface area (Å²) in [5, 5.41) is 9.14. The minimum Gasteiger partial charge on any atom is -0.316 e. The average Bonchev–Trinajstić information content (AvgIpc) is 3.21. The summed E-state index contributed by atoms with van der Waals surface area (Å²) in [7, 11) is 0. The predicted octanol–water partition coefficient (Wildman–Crippen LogP) is 4.07. The van der Waals surface area contributed by atoms with Crippen LogP contribution in [0.3, 0.4) is 0 Å². The molecule has 8 heteroatoms. The van der Waals surface area contributed by atoms with Gasteiger partial charge in [0.05, 0.1) is 22.3 Å². The minimum atomic E-state index is -0.131. The first-order valence-electron chi connectivity index (χ1n) is 7.54. The van der Waals surface area contributed by atoms with Crippen molar-refractivity contribution in [2.75, 3.05) is 10.6 Å². The van der Waals surface area contributed by atoms with Crippen LogP contribution in [-0.2, 0) is 11.2 Å². The van der Waals surface area contributed by atoms with Crippen molar-refractivity contribution >= 4 is 54.9 Å². The van der Waals surface area contributed by atoms with Gasteiger partial charge in [-0.25, -0.2) is 15.0 Å². The van der Waals surface area contributed by atoms with E-state index in [1.807, 2.05) is 47.8 Å². The van der Waals surface area contributed by atoms with E-state index in [9.17, 15) is 4.79 Å². The van der Waals surface area contributed by atoms with Gasteiger partial charge >= 0.3 is 0 Å². The number of thiazole rings is 2. The maximum atomic E-state index is 12.2. The van der Waals surface area contributed by atoms with Crippen LogP contribution in [-0.4, -0.2) is 20.9 Å². The molecule has 0 radical (unpaired) electrons. The number of nitrogens with one attached hydrogen (secondary N) is 2. The molecule has 0 aliphatic rings. The van der Waals surface area contributed by atoms with E-state index in [1.165, 1.54) is 22.7 Å². The van der Waals surface area contributed by atoms with Gasteiger partial charge in [-0.1, -0.05) is 29.5 Å².